The fourth-order valence-corrected chi connectivity index (χ4v) is 1.75. The van der Waals surface area contributed by atoms with Crippen molar-refractivity contribution in [2.75, 3.05) is 13.7 Å². The van der Waals surface area contributed by atoms with E-state index in [4.69, 9.17) is 0 Å². The zero-order chi connectivity index (χ0) is 15.8. The van der Waals surface area contributed by atoms with Crippen LogP contribution in [0.5, 0.6) is 5.75 Å². The molecule has 21 heavy (non-hydrogen) atoms. The zero-order valence-corrected chi connectivity index (χ0v) is 11.6. The number of esters is 1. The summed E-state index contributed by atoms with van der Waals surface area (Å²) in [6.07, 6.45) is 2.20. The van der Waals surface area contributed by atoms with Gasteiger partial charge in [0.1, 0.15) is 22.9 Å². The number of carbonyl (C=O) groups is 2. The number of hydrogen-bond donors (Lipinski definition) is 2. The van der Waals surface area contributed by atoms with Crippen molar-refractivity contribution in [3.05, 3.63) is 29.3 Å². The number of nitrogens with one attached hydrogen (secondary N) is 1. The Morgan fingerprint density at radius 1 is 1.24 bits per heavy atom. The first-order valence-electron chi connectivity index (χ1n) is 6.48. The lowest BCUT2D eigenvalue weighted by Gasteiger charge is -2.08. The number of halogens is 2. The van der Waals surface area contributed by atoms with Gasteiger partial charge in [-0.15, -0.1) is 0 Å². The molecule has 1 aromatic carbocycles. The van der Waals surface area contributed by atoms with Crippen molar-refractivity contribution < 1.29 is 28.2 Å². The number of ether oxygens (including phenoxy) is 1. The lowest BCUT2D eigenvalue weighted by Crippen LogP contribution is -2.25. The van der Waals surface area contributed by atoms with Crippen LogP contribution in [0.25, 0.3) is 0 Å². The highest BCUT2D eigenvalue weighted by Crippen LogP contribution is 2.21. The van der Waals surface area contributed by atoms with Crippen molar-refractivity contribution in [2.24, 2.45) is 0 Å². The summed E-state index contributed by atoms with van der Waals surface area (Å²) in [6.45, 7) is 0.260. The maximum atomic E-state index is 13.4. The third-order valence-corrected chi connectivity index (χ3v) is 2.83. The van der Waals surface area contributed by atoms with Crippen LogP contribution in [0.4, 0.5) is 8.78 Å². The zero-order valence-electron chi connectivity index (χ0n) is 11.6. The van der Waals surface area contributed by atoms with Crippen molar-refractivity contribution in [3.63, 3.8) is 0 Å². The monoisotopic (exact) mass is 301 g/mol. The van der Waals surface area contributed by atoms with Crippen molar-refractivity contribution >= 4 is 11.9 Å². The Hall–Kier alpha value is -2.18. The van der Waals surface area contributed by atoms with Crippen molar-refractivity contribution in [3.8, 4) is 5.75 Å². The minimum Gasteiger partial charge on any atom is -0.507 e. The third-order valence-electron chi connectivity index (χ3n) is 2.83. The Bertz CT molecular complexity index is 497. The van der Waals surface area contributed by atoms with E-state index in [1.807, 2.05) is 0 Å². The largest absolute Gasteiger partial charge is 0.507 e. The average molecular weight is 301 g/mol. The molecule has 5 nitrogen and oxygen atoms in total. The second-order valence-corrected chi connectivity index (χ2v) is 4.42. The number of rotatable bonds is 7. The van der Waals surface area contributed by atoms with Crippen LogP contribution in [-0.2, 0) is 9.53 Å². The van der Waals surface area contributed by atoms with E-state index < -0.39 is 28.9 Å². The van der Waals surface area contributed by atoms with Crippen LogP contribution in [0.2, 0.25) is 0 Å². The van der Waals surface area contributed by atoms with Gasteiger partial charge in [-0.3, -0.25) is 9.59 Å². The lowest BCUT2D eigenvalue weighted by atomic mass is 10.1. The summed E-state index contributed by atoms with van der Waals surface area (Å²) >= 11 is 0. The molecule has 0 aromatic heterocycles. The number of phenols is 1. The Morgan fingerprint density at radius 3 is 2.57 bits per heavy atom. The molecule has 0 saturated heterocycles. The van der Waals surface area contributed by atoms with Gasteiger partial charge in [-0.25, -0.2) is 8.78 Å². The molecule has 116 valence electrons. The highest BCUT2D eigenvalue weighted by molar-refractivity contribution is 5.97. The molecule has 0 bridgehead atoms. The minimum absolute atomic E-state index is 0.260. The normalized spacial score (nSPS) is 10.2. The van der Waals surface area contributed by atoms with Crippen molar-refractivity contribution in [2.45, 2.75) is 25.7 Å². The molecule has 1 aromatic rings. The number of amides is 1. The molecular weight excluding hydrogens is 284 g/mol. The van der Waals surface area contributed by atoms with E-state index in [9.17, 15) is 23.5 Å². The first-order chi connectivity index (χ1) is 9.95. The molecular formula is C14H17F2NO4. The molecule has 1 rings (SSSR count). The highest BCUT2D eigenvalue weighted by atomic mass is 19.1. The molecule has 0 radical (unpaired) electrons. The first kappa shape index (κ1) is 16.9. The number of hydrogen-bond acceptors (Lipinski definition) is 4. The summed E-state index contributed by atoms with van der Waals surface area (Å²) in [5.41, 5.74) is -0.578. The number of unbranched alkanes of at least 4 members (excludes halogenated alkanes) is 2. The van der Waals surface area contributed by atoms with Gasteiger partial charge < -0.3 is 15.2 Å². The standard InChI is InChI=1S/C14H17F2NO4/c1-21-12(19)5-3-2-4-6-17-14(20)13-10(16)7-9(15)8-11(13)18/h7-8,18H,2-6H2,1H3,(H,17,20). The van der Waals surface area contributed by atoms with E-state index in [1.165, 1.54) is 7.11 Å². The van der Waals surface area contributed by atoms with Gasteiger partial charge in [-0.2, -0.15) is 0 Å². The fraction of sp³-hybridized carbons (Fsp3) is 0.429. The number of aromatic hydroxyl groups is 1. The highest BCUT2D eigenvalue weighted by Gasteiger charge is 2.17. The van der Waals surface area contributed by atoms with Gasteiger partial charge in [-0.1, -0.05) is 6.42 Å². The number of methoxy groups -OCH3 is 1. The van der Waals surface area contributed by atoms with Gasteiger partial charge >= 0.3 is 5.97 Å². The van der Waals surface area contributed by atoms with Gasteiger partial charge in [0.25, 0.3) is 5.91 Å². The van der Waals surface area contributed by atoms with Crippen molar-refractivity contribution in [1.29, 1.82) is 0 Å². The molecule has 7 heteroatoms. The van der Waals surface area contributed by atoms with Crippen LogP contribution in [0, 0.1) is 11.6 Å². The second-order valence-electron chi connectivity index (χ2n) is 4.42. The second kappa shape index (κ2) is 8.18. The Balaban J connectivity index is 2.36. The lowest BCUT2D eigenvalue weighted by molar-refractivity contribution is -0.140. The number of carbonyl (C=O) groups excluding carboxylic acids is 2. The van der Waals surface area contributed by atoms with E-state index in [1.54, 1.807) is 0 Å². The van der Waals surface area contributed by atoms with Gasteiger partial charge in [-0.05, 0) is 12.8 Å². The number of phenolic OH excluding ortho intramolecular Hbond substituents is 1. The summed E-state index contributed by atoms with van der Waals surface area (Å²) in [4.78, 5) is 22.5. The Kier molecular flexibility index (Phi) is 6.58. The molecule has 0 saturated carbocycles. The molecule has 0 aliphatic heterocycles. The first-order valence-corrected chi connectivity index (χ1v) is 6.48. The van der Waals surface area contributed by atoms with E-state index in [-0.39, 0.29) is 12.5 Å². The molecule has 0 atom stereocenters. The van der Waals surface area contributed by atoms with Crippen LogP contribution in [0.3, 0.4) is 0 Å². The quantitative estimate of drug-likeness (QED) is 0.597. The summed E-state index contributed by atoms with van der Waals surface area (Å²) < 4.78 is 30.7. The van der Waals surface area contributed by atoms with E-state index in [2.05, 4.69) is 10.1 Å². The van der Waals surface area contributed by atoms with E-state index in [0.717, 1.165) is 0 Å². The Morgan fingerprint density at radius 2 is 1.95 bits per heavy atom. The van der Waals surface area contributed by atoms with E-state index >= 15 is 0 Å². The SMILES string of the molecule is COC(=O)CCCCCNC(=O)c1c(O)cc(F)cc1F. The van der Waals surface area contributed by atoms with Gasteiger partial charge in [0.2, 0.25) is 0 Å². The molecule has 0 heterocycles. The van der Waals surface area contributed by atoms with Crippen LogP contribution in [0.15, 0.2) is 12.1 Å². The van der Waals surface area contributed by atoms with Gasteiger partial charge in [0.15, 0.2) is 0 Å². The van der Waals surface area contributed by atoms with Gasteiger partial charge in [0.05, 0.1) is 7.11 Å². The Labute approximate surface area is 120 Å². The molecule has 0 aliphatic rings. The average Bonchev–Trinajstić information content (AvgIpc) is 2.41. The van der Waals surface area contributed by atoms with Crippen LogP contribution >= 0.6 is 0 Å². The minimum atomic E-state index is -1.12. The van der Waals surface area contributed by atoms with Crippen LogP contribution in [0.1, 0.15) is 36.0 Å². The molecule has 2 N–H and O–H groups in total. The molecule has 0 aliphatic carbocycles. The summed E-state index contributed by atoms with van der Waals surface area (Å²) in [5.74, 6) is -3.91. The van der Waals surface area contributed by atoms with E-state index in [0.29, 0.717) is 37.8 Å². The predicted molar refractivity (Wildman–Crippen MR) is 70.8 cm³/mol. The molecule has 1 amide bonds. The van der Waals surface area contributed by atoms with Crippen LogP contribution < -0.4 is 5.32 Å². The smallest absolute Gasteiger partial charge is 0.305 e. The topological polar surface area (TPSA) is 75.6 Å². The predicted octanol–water partition coefficient (Wildman–Crippen LogP) is 2.13. The summed E-state index contributed by atoms with van der Waals surface area (Å²) in [7, 11) is 1.31. The molecule has 0 fully saturated rings. The fourth-order valence-electron chi connectivity index (χ4n) is 1.75. The number of benzene rings is 1. The summed E-state index contributed by atoms with van der Waals surface area (Å²) in [5, 5.41) is 11.8. The third kappa shape index (κ3) is 5.37. The maximum Gasteiger partial charge on any atom is 0.305 e. The van der Waals surface area contributed by atoms with Crippen molar-refractivity contribution in [1.82, 2.24) is 5.32 Å². The van der Waals surface area contributed by atoms with Crippen LogP contribution in [-0.4, -0.2) is 30.6 Å². The summed E-state index contributed by atoms with van der Waals surface area (Å²) in [6, 6.07) is 1.21. The molecule has 0 spiro atoms. The molecule has 0 unspecified atom stereocenters. The maximum absolute atomic E-state index is 13.4. The van der Waals surface area contributed by atoms with Gasteiger partial charge in [0, 0.05) is 25.1 Å².